The van der Waals surface area contributed by atoms with Crippen LogP contribution in [0.4, 0.5) is 5.82 Å². The van der Waals surface area contributed by atoms with E-state index in [1.807, 2.05) is 0 Å². The van der Waals surface area contributed by atoms with Crippen molar-refractivity contribution in [3.8, 4) is 0 Å². The van der Waals surface area contributed by atoms with Gasteiger partial charge in [0, 0.05) is 11.9 Å². The van der Waals surface area contributed by atoms with Crippen LogP contribution >= 0.6 is 31.6 Å². The minimum atomic E-state index is -2.93. The molecule has 11 nitrogen and oxygen atoms in total. The van der Waals surface area contributed by atoms with Crippen LogP contribution in [0.1, 0.15) is 27.0 Å². The second kappa shape index (κ2) is 10.8. The molecule has 0 amide bonds. The third kappa shape index (κ3) is 6.52. The third-order valence-electron chi connectivity index (χ3n) is 4.67. The fourth-order valence-corrected chi connectivity index (χ4v) is 4.57. The summed E-state index contributed by atoms with van der Waals surface area (Å²) in [4.78, 5) is 26.2. The molecule has 0 saturated carbocycles. The summed E-state index contributed by atoms with van der Waals surface area (Å²) in [6.45, 7) is 4.16. The van der Waals surface area contributed by atoms with Gasteiger partial charge < -0.3 is 29.7 Å². The molecule has 2 rings (SSSR count). The molecular formula is C17H27ClN3O8PS. The number of anilines is 1. The van der Waals surface area contributed by atoms with Gasteiger partial charge in [-0.3, -0.25) is 13.9 Å². The van der Waals surface area contributed by atoms with Crippen molar-refractivity contribution in [2.24, 2.45) is 5.41 Å². The number of nitrogens with two attached hydrogens (primary N) is 1. The van der Waals surface area contributed by atoms with Crippen LogP contribution in [0.15, 0.2) is 17.1 Å². The molecule has 31 heavy (non-hydrogen) atoms. The predicted molar refractivity (Wildman–Crippen MR) is 116 cm³/mol. The summed E-state index contributed by atoms with van der Waals surface area (Å²) in [7, 11) is -2.93. The number of thioether (sulfide) groups is 1. The molecule has 2 heterocycles. The van der Waals surface area contributed by atoms with Gasteiger partial charge in [-0.25, -0.2) is 4.79 Å². The molecule has 4 N–H and O–H groups in total. The Labute approximate surface area is 189 Å². The van der Waals surface area contributed by atoms with Crippen LogP contribution < -0.4 is 11.4 Å². The average molecular weight is 500 g/mol. The van der Waals surface area contributed by atoms with Crippen LogP contribution in [0, 0.1) is 5.41 Å². The standard InChI is InChI=1S/C17H27ClN3O8PS/c1-16(2,9-22)14(24)31-7-6-27-30(26)28-8-10-12(23)17(3,18)13(29-10)21-5-4-11(19)20-15(21)25/h4-5,10,12-13,22-23,30H,6-9H2,1-3H3,(H2,19,20,25)/t10?,12-,13-,17-/m1/s1. The lowest BCUT2D eigenvalue weighted by atomic mass is 9.97. The van der Waals surface area contributed by atoms with Gasteiger partial charge in [0.15, 0.2) is 11.3 Å². The molecule has 1 aliphatic rings. The van der Waals surface area contributed by atoms with E-state index in [4.69, 9.17) is 36.2 Å². The summed E-state index contributed by atoms with van der Waals surface area (Å²) in [5.74, 6) is 0.269. The summed E-state index contributed by atoms with van der Waals surface area (Å²) in [5.41, 5.74) is 3.92. The number of carbonyl (C=O) groups is 1. The van der Waals surface area contributed by atoms with Gasteiger partial charge in [-0.05, 0) is 26.8 Å². The van der Waals surface area contributed by atoms with E-state index in [-0.39, 0.29) is 36.5 Å². The predicted octanol–water partition coefficient (Wildman–Crippen LogP) is 0.782. The zero-order valence-corrected chi connectivity index (χ0v) is 19.9. The van der Waals surface area contributed by atoms with Crippen molar-refractivity contribution < 1.29 is 33.4 Å². The second-order valence-corrected chi connectivity index (χ2v) is 10.7. The van der Waals surface area contributed by atoms with Crippen LogP contribution in [-0.2, 0) is 23.1 Å². The zero-order chi connectivity index (χ0) is 23.4. The lowest BCUT2D eigenvalue weighted by molar-refractivity contribution is -0.119. The van der Waals surface area contributed by atoms with Crippen LogP contribution in [0.3, 0.4) is 0 Å². The molecule has 0 spiro atoms. The maximum Gasteiger partial charge on any atom is 0.351 e. The number of ether oxygens (including phenoxy) is 1. The maximum absolute atomic E-state index is 12.1. The number of alkyl halides is 1. The normalized spacial score (nSPS) is 27.4. The number of rotatable bonds is 10. The van der Waals surface area contributed by atoms with Crippen molar-refractivity contribution in [3.63, 3.8) is 0 Å². The van der Waals surface area contributed by atoms with Crippen molar-refractivity contribution in [2.45, 2.75) is 44.1 Å². The molecule has 0 bridgehead atoms. The van der Waals surface area contributed by atoms with Crippen LogP contribution in [-0.4, -0.2) is 67.5 Å². The molecule has 5 atom stereocenters. The Morgan fingerprint density at radius 3 is 2.81 bits per heavy atom. The van der Waals surface area contributed by atoms with Gasteiger partial charge in [-0.15, -0.1) is 11.6 Å². The topological polar surface area (TPSA) is 163 Å². The minimum absolute atomic E-state index is 0.00780. The largest absolute Gasteiger partial charge is 0.395 e. The number of hydrogen-bond donors (Lipinski definition) is 3. The minimum Gasteiger partial charge on any atom is -0.395 e. The highest BCUT2D eigenvalue weighted by atomic mass is 35.5. The first-order valence-corrected chi connectivity index (χ1v) is 11.9. The van der Waals surface area contributed by atoms with E-state index < -0.39 is 42.7 Å². The molecule has 1 aliphatic heterocycles. The van der Waals surface area contributed by atoms with E-state index in [0.717, 1.165) is 16.3 Å². The quantitative estimate of drug-likeness (QED) is 0.237. The molecule has 1 aromatic rings. The van der Waals surface area contributed by atoms with Crippen molar-refractivity contribution in [3.05, 3.63) is 22.7 Å². The van der Waals surface area contributed by atoms with Gasteiger partial charge >= 0.3 is 13.9 Å². The summed E-state index contributed by atoms with van der Waals surface area (Å²) in [6.07, 6.45) is -1.92. The Morgan fingerprint density at radius 2 is 2.19 bits per heavy atom. The van der Waals surface area contributed by atoms with E-state index in [0.29, 0.717) is 0 Å². The SMILES string of the molecule is CC(C)(CO)C(=O)SCCO[PH](=O)OCC1O[C@@H](n2ccc(N)nc2=O)[C@](C)(Cl)[C@@H]1O. The number of halogens is 1. The van der Waals surface area contributed by atoms with Crippen molar-refractivity contribution in [1.29, 1.82) is 0 Å². The molecule has 2 unspecified atom stereocenters. The lowest BCUT2D eigenvalue weighted by Gasteiger charge is -2.26. The number of aromatic nitrogens is 2. The van der Waals surface area contributed by atoms with Gasteiger partial charge in [-0.2, -0.15) is 4.98 Å². The smallest absolute Gasteiger partial charge is 0.351 e. The highest BCUT2D eigenvalue weighted by Gasteiger charge is 2.53. The second-order valence-electron chi connectivity index (χ2n) is 7.75. The fraction of sp³-hybridized carbons (Fsp3) is 0.706. The maximum atomic E-state index is 12.1. The molecule has 1 saturated heterocycles. The van der Waals surface area contributed by atoms with E-state index in [1.54, 1.807) is 13.8 Å². The fourth-order valence-electron chi connectivity index (χ4n) is 2.67. The van der Waals surface area contributed by atoms with Gasteiger partial charge in [0.2, 0.25) is 0 Å². The highest BCUT2D eigenvalue weighted by Crippen LogP contribution is 2.43. The van der Waals surface area contributed by atoms with Gasteiger partial charge in [0.1, 0.15) is 22.9 Å². The van der Waals surface area contributed by atoms with Crippen molar-refractivity contribution in [2.75, 3.05) is 31.3 Å². The lowest BCUT2D eigenvalue weighted by Crippen LogP contribution is -2.42. The van der Waals surface area contributed by atoms with Gasteiger partial charge in [0.25, 0.3) is 0 Å². The Bertz CT molecular complexity index is 868. The highest BCUT2D eigenvalue weighted by molar-refractivity contribution is 8.13. The summed E-state index contributed by atoms with van der Waals surface area (Å²) < 4.78 is 29.0. The van der Waals surface area contributed by atoms with Crippen LogP contribution in [0.25, 0.3) is 0 Å². The number of nitrogens with zero attached hydrogens (tertiary/aromatic N) is 2. The number of hydrogen-bond acceptors (Lipinski definition) is 11. The first-order valence-electron chi connectivity index (χ1n) is 9.35. The Balaban J connectivity index is 1.85. The third-order valence-corrected chi connectivity index (χ3v) is 7.11. The summed E-state index contributed by atoms with van der Waals surface area (Å²) in [5, 5.41) is 19.4. The first kappa shape index (κ1) is 26.3. The summed E-state index contributed by atoms with van der Waals surface area (Å²) >= 11 is 7.38. The molecule has 0 aromatic carbocycles. The van der Waals surface area contributed by atoms with Crippen LogP contribution in [0.5, 0.6) is 0 Å². The molecule has 14 heteroatoms. The van der Waals surface area contributed by atoms with E-state index in [2.05, 4.69) is 4.98 Å². The Kier molecular flexibility index (Phi) is 9.12. The number of nitrogen functional groups attached to an aromatic ring is 1. The van der Waals surface area contributed by atoms with E-state index in [1.165, 1.54) is 19.2 Å². The van der Waals surface area contributed by atoms with E-state index >= 15 is 0 Å². The number of aliphatic hydroxyl groups excluding tert-OH is 2. The molecular weight excluding hydrogens is 473 g/mol. The zero-order valence-electron chi connectivity index (χ0n) is 17.3. The molecule has 0 aliphatic carbocycles. The van der Waals surface area contributed by atoms with Crippen LogP contribution in [0.2, 0.25) is 0 Å². The van der Waals surface area contributed by atoms with E-state index in [9.17, 15) is 19.3 Å². The monoisotopic (exact) mass is 499 g/mol. The number of aliphatic hydroxyl groups is 2. The Morgan fingerprint density at radius 1 is 1.52 bits per heavy atom. The molecule has 0 radical (unpaired) electrons. The molecule has 1 fully saturated rings. The van der Waals surface area contributed by atoms with Gasteiger partial charge in [0.05, 0.1) is 25.2 Å². The molecule has 176 valence electrons. The average Bonchev–Trinajstić information content (AvgIpc) is 2.92. The first-order chi connectivity index (χ1) is 14.4. The van der Waals surface area contributed by atoms with Gasteiger partial charge in [-0.1, -0.05) is 11.8 Å². The van der Waals surface area contributed by atoms with Crippen molar-refractivity contribution in [1.82, 2.24) is 9.55 Å². The number of carbonyl (C=O) groups excluding carboxylic acids is 1. The Hall–Kier alpha value is -0.980. The summed E-state index contributed by atoms with van der Waals surface area (Å²) in [6, 6.07) is 1.39. The molecule has 1 aromatic heterocycles. The van der Waals surface area contributed by atoms with Crippen molar-refractivity contribution >= 4 is 42.6 Å².